The van der Waals surface area contributed by atoms with Crippen LogP contribution in [0.2, 0.25) is 0 Å². The Labute approximate surface area is 162 Å². The Morgan fingerprint density at radius 1 is 1.37 bits per heavy atom. The minimum absolute atomic E-state index is 0.0482. The Kier molecular flexibility index (Phi) is 5.14. The van der Waals surface area contributed by atoms with E-state index in [2.05, 4.69) is 0 Å². The van der Waals surface area contributed by atoms with Gasteiger partial charge in [-0.3, -0.25) is 9.59 Å². The van der Waals surface area contributed by atoms with Crippen LogP contribution < -0.4 is 9.64 Å². The zero-order chi connectivity index (χ0) is 22.7. The van der Waals surface area contributed by atoms with Crippen LogP contribution in [0.25, 0.3) is 0 Å². The van der Waals surface area contributed by atoms with Crippen molar-refractivity contribution in [3.05, 3.63) is 24.3 Å². The lowest BCUT2D eigenvalue weighted by molar-refractivity contribution is -0.188. The second-order valence-corrected chi connectivity index (χ2v) is 6.94. The summed E-state index contributed by atoms with van der Waals surface area (Å²) in [5.74, 6) is -2.26. The van der Waals surface area contributed by atoms with Crippen LogP contribution in [0, 0.1) is 0 Å². The molecule has 8 heteroatoms. The molecule has 1 aromatic carbocycles. The lowest BCUT2D eigenvalue weighted by atomic mass is 10.1. The van der Waals surface area contributed by atoms with E-state index in [1.165, 1.54) is 23.1 Å². The van der Waals surface area contributed by atoms with E-state index >= 15 is 0 Å². The molecule has 0 unspecified atom stereocenters. The zero-order valence-corrected chi connectivity index (χ0v) is 15.7. The molecule has 0 bridgehead atoms. The quantitative estimate of drug-likeness (QED) is 0.716. The zero-order valence-electron chi connectivity index (χ0n) is 18.7. The van der Waals surface area contributed by atoms with Gasteiger partial charge >= 0.3 is 11.9 Å². The number of hydrogen-bond donors (Lipinski definition) is 0. The van der Waals surface area contributed by atoms with Crippen LogP contribution in [0.5, 0.6) is 5.75 Å². The highest BCUT2D eigenvalue weighted by Crippen LogP contribution is 2.26. The fraction of sp³-hybridized carbons (Fsp3) is 0.526. The van der Waals surface area contributed by atoms with Crippen molar-refractivity contribution in [3.8, 4) is 5.75 Å². The minimum Gasteiger partial charge on any atom is -0.497 e. The maximum absolute atomic E-state index is 13.1. The van der Waals surface area contributed by atoms with Gasteiger partial charge in [0.25, 0.3) is 5.91 Å². The van der Waals surface area contributed by atoms with Crippen molar-refractivity contribution in [3.63, 3.8) is 0 Å². The SMILES string of the molecule is [2H]C([2H])([2H])Oc1cccc(N2CCO[C@H]([C@@H](OC(C)=O)C(=O)OC(C)(C)C)C2=O)c1. The number of carbonyl (C=O) groups excluding carboxylic acids is 3. The lowest BCUT2D eigenvalue weighted by Crippen LogP contribution is -2.56. The monoisotopic (exact) mass is 382 g/mol. The number of amides is 1. The maximum atomic E-state index is 13.1. The number of carbonyl (C=O) groups is 3. The second kappa shape index (κ2) is 8.39. The topological polar surface area (TPSA) is 91.4 Å². The number of benzene rings is 1. The predicted molar refractivity (Wildman–Crippen MR) is 96.5 cm³/mol. The van der Waals surface area contributed by atoms with Crippen molar-refractivity contribution in [2.24, 2.45) is 0 Å². The largest absolute Gasteiger partial charge is 0.497 e. The highest BCUT2D eigenvalue weighted by Gasteiger charge is 2.44. The number of morpholine rings is 1. The van der Waals surface area contributed by atoms with Crippen LogP contribution >= 0.6 is 0 Å². The van der Waals surface area contributed by atoms with Gasteiger partial charge in [-0.1, -0.05) is 6.07 Å². The molecule has 1 amide bonds. The van der Waals surface area contributed by atoms with Gasteiger partial charge in [0.05, 0.1) is 17.8 Å². The summed E-state index contributed by atoms with van der Waals surface area (Å²) in [6.07, 6.45) is -3.00. The highest BCUT2D eigenvalue weighted by molar-refractivity contribution is 6.00. The third-order valence-electron chi connectivity index (χ3n) is 3.58. The molecule has 0 aromatic heterocycles. The van der Waals surface area contributed by atoms with E-state index in [9.17, 15) is 14.4 Å². The first-order valence-corrected chi connectivity index (χ1v) is 8.39. The van der Waals surface area contributed by atoms with E-state index in [0.717, 1.165) is 6.92 Å². The fourth-order valence-corrected chi connectivity index (χ4v) is 2.57. The average molecular weight is 382 g/mol. The van der Waals surface area contributed by atoms with Crippen molar-refractivity contribution in [2.75, 3.05) is 25.1 Å². The Morgan fingerprint density at radius 2 is 2.11 bits per heavy atom. The Hall–Kier alpha value is -2.61. The molecular formula is C19H25NO7. The Bertz CT molecular complexity index is 804. The number of esters is 2. The molecule has 8 nitrogen and oxygen atoms in total. The first-order valence-electron chi connectivity index (χ1n) is 9.89. The van der Waals surface area contributed by atoms with Crippen LogP contribution in [0.4, 0.5) is 5.69 Å². The normalized spacial score (nSPS) is 20.7. The Balaban J connectivity index is 2.28. The van der Waals surface area contributed by atoms with Gasteiger partial charge in [0.15, 0.2) is 6.10 Å². The van der Waals surface area contributed by atoms with Gasteiger partial charge in [0.1, 0.15) is 11.4 Å². The molecule has 27 heavy (non-hydrogen) atoms. The van der Waals surface area contributed by atoms with Gasteiger partial charge in [0.2, 0.25) is 6.10 Å². The summed E-state index contributed by atoms with van der Waals surface area (Å²) in [4.78, 5) is 38.5. The van der Waals surface area contributed by atoms with Gasteiger partial charge < -0.3 is 23.8 Å². The molecule has 148 valence electrons. The molecule has 1 heterocycles. The summed E-state index contributed by atoms with van der Waals surface area (Å²) >= 11 is 0. The van der Waals surface area contributed by atoms with E-state index in [1.54, 1.807) is 26.8 Å². The van der Waals surface area contributed by atoms with Crippen molar-refractivity contribution in [2.45, 2.75) is 45.5 Å². The molecule has 2 rings (SSSR count). The standard InChI is InChI=1S/C19H25NO7/c1-12(21)26-16(18(23)27-19(2,3)4)15-17(22)20(9-10-25-15)13-7-6-8-14(11-13)24-5/h6-8,11,15-16H,9-10H2,1-5H3/t15-,16-/m1/s1/i5D3. The van der Waals surface area contributed by atoms with Crippen molar-refractivity contribution >= 4 is 23.5 Å². The summed E-state index contributed by atoms with van der Waals surface area (Å²) in [5, 5.41) is 0. The van der Waals surface area contributed by atoms with Gasteiger partial charge in [0, 0.05) is 25.2 Å². The van der Waals surface area contributed by atoms with Gasteiger partial charge in [-0.2, -0.15) is 0 Å². The molecule has 1 aliphatic heterocycles. The molecular weight excluding hydrogens is 354 g/mol. The summed E-state index contributed by atoms with van der Waals surface area (Å²) < 4.78 is 42.3. The molecule has 0 spiro atoms. The van der Waals surface area contributed by atoms with E-state index in [0.29, 0.717) is 5.69 Å². The summed E-state index contributed by atoms with van der Waals surface area (Å²) in [5.41, 5.74) is -0.519. The molecule has 0 aliphatic carbocycles. The van der Waals surface area contributed by atoms with Crippen LogP contribution in [0.15, 0.2) is 24.3 Å². The average Bonchev–Trinajstić information content (AvgIpc) is 2.57. The van der Waals surface area contributed by atoms with Crippen LogP contribution in [-0.2, 0) is 28.6 Å². The van der Waals surface area contributed by atoms with Crippen molar-refractivity contribution in [1.29, 1.82) is 0 Å². The van der Waals surface area contributed by atoms with Crippen molar-refractivity contribution in [1.82, 2.24) is 0 Å². The van der Waals surface area contributed by atoms with Gasteiger partial charge in [-0.05, 0) is 32.9 Å². The minimum atomic E-state index is -2.65. The molecule has 1 aliphatic rings. The first kappa shape index (κ1) is 16.6. The molecule has 0 N–H and O–H groups in total. The third kappa shape index (κ3) is 5.43. The smallest absolute Gasteiger partial charge is 0.351 e. The number of methoxy groups -OCH3 is 1. The molecule has 1 saturated heterocycles. The number of ether oxygens (including phenoxy) is 4. The number of nitrogens with zero attached hydrogens (tertiary/aromatic N) is 1. The third-order valence-corrected chi connectivity index (χ3v) is 3.58. The summed E-state index contributed by atoms with van der Waals surface area (Å²) in [7, 11) is -2.65. The maximum Gasteiger partial charge on any atom is 0.351 e. The second-order valence-electron chi connectivity index (χ2n) is 6.94. The van der Waals surface area contributed by atoms with E-state index in [4.69, 9.17) is 23.1 Å². The van der Waals surface area contributed by atoms with Crippen LogP contribution in [-0.4, -0.2) is 55.8 Å². The van der Waals surface area contributed by atoms with E-state index in [1.807, 2.05) is 0 Å². The van der Waals surface area contributed by atoms with Gasteiger partial charge in [-0.15, -0.1) is 0 Å². The number of hydrogen-bond acceptors (Lipinski definition) is 7. The van der Waals surface area contributed by atoms with Crippen molar-refractivity contribution < 1.29 is 37.4 Å². The highest BCUT2D eigenvalue weighted by atomic mass is 16.6. The molecule has 1 aromatic rings. The van der Waals surface area contributed by atoms with E-state index in [-0.39, 0.29) is 18.9 Å². The Morgan fingerprint density at radius 3 is 2.74 bits per heavy atom. The summed E-state index contributed by atoms with van der Waals surface area (Å²) in [6, 6.07) is 5.95. The molecule has 0 radical (unpaired) electrons. The van der Waals surface area contributed by atoms with Gasteiger partial charge in [-0.25, -0.2) is 4.79 Å². The first-order chi connectivity index (χ1) is 13.8. The number of rotatable bonds is 5. The lowest BCUT2D eigenvalue weighted by Gasteiger charge is -2.35. The summed E-state index contributed by atoms with van der Waals surface area (Å²) in [6.45, 7) is 6.24. The molecule has 2 atom stereocenters. The van der Waals surface area contributed by atoms with E-state index < -0.39 is 42.7 Å². The predicted octanol–water partition coefficient (Wildman–Crippen LogP) is 1.70. The molecule has 0 saturated carbocycles. The number of anilines is 1. The van der Waals surface area contributed by atoms with Crippen LogP contribution in [0.3, 0.4) is 0 Å². The molecule has 1 fully saturated rings. The van der Waals surface area contributed by atoms with Crippen LogP contribution in [0.1, 0.15) is 31.8 Å². The fourth-order valence-electron chi connectivity index (χ4n) is 2.57.